The van der Waals surface area contributed by atoms with Crippen molar-refractivity contribution < 1.29 is 19.8 Å². The van der Waals surface area contributed by atoms with Gasteiger partial charge in [-0.25, -0.2) is 4.79 Å². The van der Waals surface area contributed by atoms with Gasteiger partial charge in [0.05, 0.1) is 17.7 Å². The fourth-order valence-corrected chi connectivity index (χ4v) is 1.33. The van der Waals surface area contributed by atoms with Crippen molar-refractivity contribution in [3.8, 4) is 0 Å². The van der Waals surface area contributed by atoms with E-state index in [-0.39, 0.29) is 18.1 Å². The zero-order chi connectivity index (χ0) is 13.9. The second-order valence-electron chi connectivity index (χ2n) is 4.72. The van der Waals surface area contributed by atoms with Gasteiger partial charge in [-0.05, 0) is 38.1 Å². The Morgan fingerprint density at radius 2 is 1.61 bits per heavy atom. The predicted molar refractivity (Wildman–Crippen MR) is 66.7 cm³/mol. The number of carboxylic acid groups (broad SMARTS) is 1. The van der Waals surface area contributed by atoms with Crippen molar-refractivity contribution in [3.63, 3.8) is 0 Å². The molecule has 5 heteroatoms. The highest BCUT2D eigenvalue weighted by atomic mass is 16.4. The van der Waals surface area contributed by atoms with E-state index in [4.69, 9.17) is 5.11 Å². The molecular formula is C13H17NO4. The van der Waals surface area contributed by atoms with Crippen molar-refractivity contribution in [2.45, 2.75) is 19.4 Å². The molecule has 0 fully saturated rings. The van der Waals surface area contributed by atoms with E-state index in [9.17, 15) is 14.7 Å². The van der Waals surface area contributed by atoms with Crippen LogP contribution < -0.4 is 0 Å². The predicted octanol–water partition coefficient (Wildman–Crippen LogP) is 1.23. The second kappa shape index (κ2) is 5.18. The van der Waals surface area contributed by atoms with Crippen molar-refractivity contribution in [1.82, 2.24) is 4.90 Å². The van der Waals surface area contributed by atoms with Crippen LogP contribution in [0.15, 0.2) is 24.3 Å². The summed E-state index contributed by atoms with van der Waals surface area (Å²) in [5.74, 6) is -1.29. The number of carbonyl (C=O) groups is 2. The number of carboxylic acids is 1. The maximum Gasteiger partial charge on any atom is 0.335 e. The van der Waals surface area contributed by atoms with Gasteiger partial charge >= 0.3 is 5.97 Å². The fraction of sp³-hybridized carbons (Fsp3) is 0.385. The normalized spacial score (nSPS) is 11.1. The van der Waals surface area contributed by atoms with E-state index in [1.807, 2.05) is 0 Å². The molecule has 18 heavy (non-hydrogen) atoms. The molecule has 0 atom stereocenters. The Kier molecular flexibility index (Phi) is 4.08. The molecule has 0 saturated carbocycles. The number of hydrogen-bond acceptors (Lipinski definition) is 3. The smallest absolute Gasteiger partial charge is 0.335 e. The number of amides is 1. The van der Waals surface area contributed by atoms with Gasteiger partial charge < -0.3 is 15.1 Å². The van der Waals surface area contributed by atoms with Gasteiger partial charge in [-0.1, -0.05) is 0 Å². The Labute approximate surface area is 106 Å². The average Bonchev–Trinajstić information content (AvgIpc) is 2.37. The van der Waals surface area contributed by atoms with Gasteiger partial charge in [0.25, 0.3) is 5.91 Å². The van der Waals surface area contributed by atoms with Crippen LogP contribution in [0.3, 0.4) is 0 Å². The van der Waals surface area contributed by atoms with E-state index in [0.717, 1.165) is 0 Å². The van der Waals surface area contributed by atoms with Crippen LogP contribution in [0.25, 0.3) is 0 Å². The van der Waals surface area contributed by atoms with Gasteiger partial charge in [0, 0.05) is 12.6 Å². The van der Waals surface area contributed by atoms with Gasteiger partial charge in [0.1, 0.15) is 0 Å². The van der Waals surface area contributed by atoms with Crippen molar-refractivity contribution >= 4 is 11.9 Å². The van der Waals surface area contributed by atoms with Crippen molar-refractivity contribution in [2.24, 2.45) is 0 Å². The summed E-state index contributed by atoms with van der Waals surface area (Å²) in [6.07, 6.45) is 0. The summed E-state index contributed by atoms with van der Waals surface area (Å²) in [4.78, 5) is 24.2. The SMILES string of the molecule is CN(C(=O)c1ccc(C(=O)O)cc1)C(C)(C)CO. The largest absolute Gasteiger partial charge is 0.478 e. The van der Waals surface area contributed by atoms with Crippen LogP contribution in [0.5, 0.6) is 0 Å². The Bertz CT molecular complexity index is 451. The number of aromatic carboxylic acids is 1. The molecule has 0 saturated heterocycles. The first-order valence-corrected chi connectivity index (χ1v) is 5.52. The van der Waals surface area contributed by atoms with Crippen LogP contribution in [0.4, 0.5) is 0 Å². The lowest BCUT2D eigenvalue weighted by atomic mass is 10.0. The van der Waals surface area contributed by atoms with E-state index in [1.54, 1.807) is 20.9 Å². The highest BCUT2D eigenvalue weighted by molar-refractivity contribution is 5.96. The molecular weight excluding hydrogens is 234 g/mol. The quantitative estimate of drug-likeness (QED) is 0.843. The molecule has 98 valence electrons. The van der Waals surface area contributed by atoms with E-state index in [2.05, 4.69) is 0 Å². The maximum absolute atomic E-state index is 12.1. The van der Waals surface area contributed by atoms with Gasteiger partial charge in [-0.15, -0.1) is 0 Å². The Hall–Kier alpha value is -1.88. The topological polar surface area (TPSA) is 77.8 Å². The van der Waals surface area contributed by atoms with E-state index < -0.39 is 11.5 Å². The third kappa shape index (κ3) is 2.87. The molecule has 0 heterocycles. The number of rotatable bonds is 4. The second-order valence-corrected chi connectivity index (χ2v) is 4.72. The van der Waals surface area contributed by atoms with Crippen molar-refractivity contribution in [3.05, 3.63) is 35.4 Å². The number of likely N-dealkylation sites (N-methyl/N-ethyl adjacent to an activating group) is 1. The monoisotopic (exact) mass is 251 g/mol. The van der Waals surface area contributed by atoms with Crippen LogP contribution in [0.2, 0.25) is 0 Å². The molecule has 0 bridgehead atoms. The zero-order valence-corrected chi connectivity index (χ0v) is 10.7. The lowest BCUT2D eigenvalue weighted by Crippen LogP contribution is -2.47. The van der Waals surface area contributed by atoms with E-state index in [1.165, 1.54) is 29.2 Å². The van der Waals surface area contributed by atoms with E-state index >= 15 is 0 Å². The molecule has 0 aliphatic rings. The van der Waals surface area contributed by atoms with Crippen LogP contribution in [0.1, 0.15) is 34.6 Å². The minimum absolute atomic E-state index is 0.135. The molecule has 0 aliphatic heterocycles. The van der Waals surface area contributed by atoms with Crippen LogP contribution in [-0.2, 0) is 0 Å². The number of carbonyl (C=O) groups excluding carboxylic acids is 1. The lowest BCUT2D eigenvalue weighted by Gasteiger charge is -2.34. The third-order valence-electron chi connectivity index (χ3n) is 2.98. The van der Waals surface area contributed by atoms with Crippen molar-refractivity contribution in [1.29, 1.82) is 0 Å². The highest BCUT2D eigenvalue weighted by Crippen LogP contribution is 2.15. The summed E-state index contributed by atoms with van der Waals surface area (Å²) in [5, 5.41) is 18.0. The fourth-order valence-electron chi connectivity index (χ4n) is 1.33. The maximum atomic E-state index is 12.1. The Morgan fingerprint density at radius 1 is 1.17 bits per heavy atom. The molecule has 5 nitrogen and oxygen atoms in total. The van der Waals surface area contributed by atoms with Gasteiger partial charge in [-0.2, -0.15) is 0 Å². The Balaban J connectivity index is 2.94. The van der Waals surface area contributed by atoms with Gasteiger partial charge in [0.15, 0.2) is 0 Å². The highest BCUT2D eigenvalue weighted by Gasteiger charge is 2.27. The number of nitrogens with zero attached hydrogens (tertiary/aromatic N) is 1. The first-order chi connectivity index (χ1) is 8.29. The minimum atomic E-state index is -1.03. The standard InChI is InChI=1S/C13H17NO4/c1-13(2,8-15)14(3)11(16)9-4-6-10(7-5-9)12(17)18/h4-7,15H,8H2,1-3H3,(H,17,18). The summed E-state index contributed by atoms with van der Waals surface area (Å²) >= 11 is 0. The first kappa shape index (κ1) is 14.2. The molecule has 1 aromatic carbocycles. The zero-order valence-electron chi connectivity index (χ0n) is 10.7. The molecule has 0 unspecified atom stereocenters. The van der Waals surface area contributed by atoms with Crippen LogP contribution >= 0.6 is 0 Å². The molecule has 0 spiro atoms. The summed E-state index contributed by atoms with van der Waals surface area (Å²) in [5.41, 5.74) is -0.137. The minimum Gasteiger partial charge on any atom is -0.478 e. The molecule has 0 aliphatic carbocycles. The third-order valence-corrected chi connectivity index (χ3v) is 2.98. The van der Waals surface area contributed by atoms with Gasteiger partial charge in [0.2, 0.25) is 0 Å². The molecule has 1 rings (SSSR count). The average molecular weight is 251 g/mol. The molecule has 1 amide bonds. The summed E-state index contributed by atoms with van der Waals surface area (Å²) in [7, 11) is 1.60. The molecule has 2 N–H and O–H groups in total. The van der Waals surface area contributed by atoms with Gasteiger partial charge in [-0.3, -0.25) is 4.79 Å². The van der Waals surface area contributed by atoms with Crippen molar-refractivity contribution in [2.75, 3.05) is 13.7 Å². The Morgan fingerprint density at radius 3 is 2.00 bits per heavy atom. The molecule has 0 aromatic heterocycles. The number of aliphatic hydroxyl groups excluding tert-OH is 1. The number of aliphatic hydroxyl groups is 1. The number of hydrogen-bond donors (Lipinski definition) is 2. The summed E-state index contributed by atoms with van der Waals surface area (Å²) in [6.45, 7) is 3.34. The first-order valence-electron chi connectivity index (χ1n) is 5.52. The molecule has 0 radical (unpaired) electrons. The van der Waals surface area contributed by atoms with Crippen LogP contribution in [-0.4, -0.2) is 46.2 Å². The summed E-state index contributed by atoms with van der Waals surface area (Å²) in [6, 6.07) is 5.70. The van der Waals surface area contributed by atoms with Crippen LogP contribution in [0, 0.1) is 0 Å². The number of benzene rings is 1. The lowest BCUT2D eigenvalue weighted by molar-refractivity contribution is 0.0472. The van der Waals surface area contributed by atoms with E-state index in [0.29, 0.717) is 5.56 Å². The summed E-state index contributed by atoms with van der Waals surface area (Å²) < 4.78 is 0. The molecule has 1 aromatic rings.